The van der Waals surface area contributed by atoms with Crippen LogP contribution in [0.4, 0.5) is 0 Å². The summed E-state index contributed by atoms with van der Waals surface area (Å²) in [7, 11) is 4.25. The van der Waals surface area contributed by atoms with E-state index in [1.807, 2.05) is 26.1 Å². The number of rotatable bonds is 8. The first kappa shape index (κ1) is 26.6. The van der Waals surface area contributed by atoms with E-state index in [2.05, 4.69) is 51.0 Å². The molecule has 2 aliphatic rings. The number of carbonyl (C=O) groups excluding carboxylic acids is 1. The lowest BCUT2D eigenvalue weighted by Gasteiger charge is -2.33. The molecule has 2 N–H and O–H groups in total. The van der Waals surface area contributed by atoms with E-state index in [1.54, 1.807) is 0 Å². The number of aromatic amines is 1. The van der Waals surface area contributed by atoms with Crippen LogP contribution in [0.3, 0.4) is 0 Å². The number of nitrogens with zero attached hydrogens (tertiary/aromatic N) is 4. The number of piperidine rings is 1. The predicted octanol–water partition coefficient (Wildman–Crippen LogP) is 4.13. The molecule has 0 radical (unpaired) electrons. The van der Waals surface area contributed by atoms with Gasteiger partial charge in [-0.15, -0.1) is 0 Å². The molecule has 0 bridgehead atoms. The van der Waals surface area contributed by atoms with Gasteiger partial charge in [0.15, 0.2) is 0 Å². The van der Waals surface area contributed by atoms with Gasteiger partial charge in [0, 0.05) is 36.3 Å². The minimum Gasteiger partial charge on any atom is -0.348 e. The van der Waals surface area contributed by atoms with E-state index in [0.717, 1.165) is 74.0 Å². The van der Waals surface area contributed by atoms with Crippen LogP contribution in [0.5, 0.6) is 0 Å². The van der Waals surface area contributed by atoms with Gasteiger partial charge in [-0.3, -0.25) is 14.3 Å². The van der Waals surface area contributed by atoms with Gasteiger partial charge in [0.1, 0.15) is 0 Å². The Balaban J connectivity index is 1.42. The fraction of sp³-hybridized carbons (Fsp3) is 0.567. The van der Waals surface area contributed by atoms with Crippen LogP contribution in [-0.4, -0.2) is 70.7 Å². The highest BCUT2D eigenvalue weighted by Gasteiger charge is 2.26. The molecule has 1 saturated carbocycles. The van der Waals surface area contributed by atoms with Gasteiger partial charge in [0.25, 0.3) is 11.5 Å². The van der Waals surface area contributed by atoms with Crippen LogP contribution in [0.1, 0.15) is 83.2 Å². The van der Waals surface area contributed by atoms with Crippen molar-refractivity contribution in [2.75, 3.05) is 40.3 Å². The maximum atomic E-state index is 13.6. The Hall–Kier alpha value is -2.97. The molecule has 0 atom stereocenters. The highest BCUT2D eigenvalue weighted by atomic mass is 16.1. The van der Waals surface area contributed by atoms with Crippen LogP contribution in [0.2, 0.25) is 0 Å². The van der Waals surface area contributed by atoms with E-state index < -0.39 is 0 Å². The van der Waals surface area contributed by atoms with Gasteiger partial charge in [-0.2, -0.15) is 5.10 Å². The second kappa shape index (κ2) is 11.4. The number of aromatic nitrogens is 3. The minimum atomic E-state index is -0.148. The Morgan fingerprint density at radius 1 is 1.11 bits per heavy atom. The van der Waals surface area contributed by atoms with Crippen LogP contribution in [0.15, 0.2) is 29.2 Å². The van der Waals surface area contributed by atoms with Gasteiger partial charge in [-0.1, -0.05) is 12.8 Å². The van der Waals surface area contributed by atoms with Crippen LogP contribution < -0.4 is 10.9 Å². The number of hydrogen-bond acceptors (Lipinski definition) is 5. The summed E-state index contributed by atoms with van der Waals surface area (Å²) in [5.74, 6) is 0.279. The number of amides is 1. The molecule has 8 nitrogen and oxygen atoms in total. The zero-order valence-corrected chi connectivity index (χ0v) is 23.3. The minimum absolute atomic E-state index is 0.142. The lowest BCUT2D eigenvalue weighted by molar-refractivity contribution is 0.0952. The molecule has 204 valence electrons. The van der Waals surface area contributed by atoms with Crippen molar-refractivity contribution in [3.8, 4) is 0 Å². The van der Waals surface area contributed by atoms with Crippen molar-refractivity contribution in [3.63, 3.8) is 0 Å². The Morgan fingerprint density at radius 3 is 2.53 bits per heavy atom. The summed E-state index contributed by atoms with van der Waals surface area (Å²) in [4.78, 5) is 33.8. The van der Waals surface area contributed by atoms with Crippen LogP contribution in [-0.2, 0) is 6.54 Å². The van der Waals surface area contributed by atoms with Gasteiger partial charge in [-0.05, 0) is 102 Å². The third-order valence-corrected chi connectivity index (χ3v) is 8.50. The Bertz CT molecular complexity index is 1340. The molecule has 1 saturated heterocycles. The number of pyridine rings is 1. The van der Waals surface area contributed by atoms with Crippen molar-refractivity contribution in [3.05, 3.63) is 62.7 Å². The van der Waals surface area contributed by atoms with Crippen molar-refractivity contribution in [1.82, 2.24) is 29.9 Å². The Labute approximate surface area is 225 Å². The molecule has 2 fully saturated rings. The number of likely N-dealkylation sites (tertiary alicyclic amines) is 1. The Morgan fingerprint density at radius 2 is 1.84 bits per heavy atom. The SMILES string of the molecule is Cc1cc(C)c(CNC(=O)c2cc(C3CCN(CCN(C)C)CC3)cc3c2cnn3C2CCCC2)c(=O)[nH]1. The molecule has 3 aromatic rings. The van der Waals surface area contributed by atoms with Crippen molar-refractivity contribution < 1.29 is 4.79 Å². The summed E-state index contributed by atoms with van der Waals surface area (Å²) in [6.07, 6.45) is 8.79. The third kappa shape index (κ3) is 5.71. The largest absolute Gasteiger partial charge is 0.348 e. The number of nitrogens with one attached hydrogen (secondary N) is 2. The van der Waals surface area contributed by atoms with E-state index in [9.17, 15) is 9.59 Å². The number of likely N-dealkylation sites (N-methyl/N-ethyl adjacent to an activating group) is 1. The number of fused-ring (bicyclic) bond motifs is 1. The second-order valence-corrected chi connectivity index (χ2v) is 11.6. The van der Waals surface area contributed by atoms with Gasteiger partial charge in [0.05, 0.1) is 23.3 Å². The second-order valence-electron chi connectivity index (χ2n) is 11.6. The number of benzene rings is 1. The molecule has 0 unspecified atom stereocenters. The van der Waals surface area contributed by atoms with Crippen molar-refractivity contribution >= 4 is 16.8 Å². The molecule has 3 heterocycles. The fourth-order valence-corrected chi connectivity index (χ4v) is 6.23. The monoisotopic (exact) mass is 518 g/mol. The summed E-state index contributed by atoms with van der Waals surface area (Å²) in [5.41, 5.74) is 5.14. The normalized spacial score (nSPS) is 17.6. The van der Waals surface area contributed by atoms with Gasteiger partial charge in [-0.25, -0.2) is 0 Å². The lowest BCUT2D eigenvalue weighted by Crippen LogP contribution is -2.37. The standard InChI is InChI=1S/C30H42N6O2/c1-20-15-21(2)33-30(38)26(20)18-31-29(37)25-16-23(22-9-11-35(12-10-22)14-13-34(3)4)17-28-27(25)19-32-36(28)24-7-5-6-8-24/h15-17,19,22,24H,5-14,18H2,1-4H3,(H,31,37)(H,33,38). The van der Waals surface area contributed by atoms with Gasteiger partial charge < -0.3 is 20.1 Å². The maximum Gasteiger partial charge on any atom is 0.253 e. The summed E-state index contributed by atoms with van der Waals surface area (Å²) >= 11 is 0. The molecular weight excluding hydrogens is 476 g/mol. The van der Waals surface area contributed by atoms with Crippen LogP contribution in [0.25, 0.3) is 10.9 Å². The van der Waals surface area contributed by atoms with E-state index in [4.69, 9.17) is 5.10 Å². The van der Waals surface area contributed by atoms with E-state index in [0.29, 0.717) is 23.1 Å². The zero-order valence-electron chi connectivity index (χ0n) is 23.3. The number of aryl methyl sites for hydroxylation is 2. The highest BCUT2D eigenvalue weighted by molar-refractivity contribution is 6.06. The summed E-state index contributed by atoms with van der Waals surface area (Å²) < 4.78 is 2.17. The third-order valence-electron chi connectivity index (χ3n) is 8.50. The predicted molar refractivity (Wildman–Crippen MR) is 152 cm³/mol. The molecule has 8 heteroatoms. The molecule has 2 aromatic heterocycles. The molecule has 1 aromatic carbocycles. The smallest absolute Gasteiger partial charge is 0.253 e. The van der Waals surface area contributed by atoms with Crippen molar-refractivity contribution in [2.24, 2.45) is 0 Å². The number of hydrogen-bond donors (Lipinski definition) is 2. The molecular formula is C30H42N6O2. The van der Waals surface area contributed by atoms with Gasteiger partial charge in [0.2, 0.25) is 0 Å². The first-order chi connectivity index (χ1) is 18.3. The molecule has 5 rings (SSSR count). The van der Waals surface area contributed by atoms with Gasteiger partial charge >= 0.3 is 0 Å². The quantitative estimate of drug-likeness (QED) is 0.468. The topological polar surface area (TPSA) is 86.3 Å². The average Bonchev–Trinajstić information content (AvgIpc) is 3.56. The Kier molecular flexibility index (Phi) is 8.00. The lowest BCUT2D eigenvalue weighted by atomic mass is 9.87. The molecule has 1 aliphatic heterocycles. The first-order valence-corrected chi connectivity index (χ1v) is 14.2. The number of H-pyrrole nitrogens is 1. The van der Waals surface area contributed by atoms with E-state index in [1.165, 1.54) is 18.4 Å². The summed E-state index contributed by atoms with van der Waals surface area (Å²) in [6.45, 7) is 8.31. The van der Waals surface area contributed by atoms with Crippen molar-refractivity contribution in [2.45, 2.75) is 70.9 Å². The molecule has 0 spiro atoms. The molecule has 1 aliphatic carbocycles. The molecule has 38 heavy (non-hydrogen) atoms. The zero-order chi connectivity index (χ0) is 26.8. The summed E-state index contributed by atoms with van der Waals surface area (Å²) in [5, 5.41) is 8.73. The average molecular weight is 519 g/mol. The fourth-order valence-electron chi connectivity index (χ4n) is 6.23. The van der Waals surface area contributed by atoms with E-state index >= 15 is 0 Å². The van der Waals surface area contributed by atoms with E-state index in [-0.39, 0.29) is 18.0 Å². The first-order valence-electron chi connectivity index (χ1n) is 14.2. The van der Waals surface area contributed by atoms with Crippen molar-refractivity contribution in [1.29, 1.82) is 0 Å². The van der Waals surface area contributed by atoms with Crippen LogP contribution >= 0.6 is 0 Å². The highest BCUT2D eigenvalue weighted by Crippen LogP contribution is 2.36. The maximum absolute atomic E-state index is 13.6. The molecule has 1 amide bonds. The van der Waals surface area contributed by atoms with Crippen LogP contribution in [0, 0.1) is 13.8 Å². The summed E-state index contributed by atoms with van der Waals surface area (Å²) in [6, 6.07) is 6.73. The number of carbonyl (C=O) groups is 1.